The highest BCUT2D eigenvalue weighted by atomic mass is 16.5. The lowest BCUT2D eigenvalue weighted by molar-refractivity contribution is 0.0846. The van der Waals surface area contributed by atoms with Crippen molar-refractivity contribution in [2.75, 3.05) is 13.2 Å². The van der Waals surface area contributed by atoms with Crippen LogP contribution in [-0.4, -0.2) is 30.1 Å². The Hall–Kier alpha value is -3.22. The van der Waals surface area contributed by atoms with E-state index in [1.54, 1.807) is 18.2 Å². The standard InChI is InChI=1S/C17H16N2O5/c20-13-5-2-11(3-6-13)16(21)18-19-17(22)12-4-7-14-15(10-12)24-9-1-8-23-14/h2-7,10,20H,1,8-9H2,(H,18,21)(H,19,22). The van der Waals surface area contributed by atoms with Gasteiger partial charge in [-0.1, -0.05) is 0 Å². The lowest BCUT2D eigenvalue weighted by atomic mass is 10.2. The molecule has 0 bridgehead atoms. The van der Waals surface area contributed by atoms with Crippen LogP contribution in [0, 0.1) is 0 Å². The van der Waals surface area contributed by atoms with Crippen LogP contribution in [0.3, 0.4) is 0 Å². The Bertz CT molecular complexity index is 758. The number of amides is 2. The highest BCUT2D eigenvalue weighted by Gasteiger charge is 2.15. The number of hydrazine groups is 1. The van der Waals surface area contributed by atoms with Gasteiger partial charge in [0.15, 0.2) is 11.5 Å². The number of phenolic OH excluding ortho intramolecular Hbond substituents is 1. The third-order valence-corrected chi connectivity index (χ3v) is 3.43. The second kappa shape index (κ2) is 6.91. The number of fused-ring (bicyclic) bond motifs is 1. The second-order valence-corrected chi connectivity index (χ2v) is 5.17. The van der Waals surface area contributed by atoms with Crippen LogP contribution in [0.5, 0.6) is 17.2 Å². The van der Waals surface area contributed by atoms with E-state index in [9.17, 15) is 14.7 Å². The molecule has 0 fully saturated rings. The van der Waals surface area contributed by atoms with E-state index in [1.807, 2.05) is 0 Å². The van der Waals surface area contributed by atoms with Gasteiger partial charge in [0.05, 0.1) is 13.2 Å². The van der Waals surface area contributed by atoms with Crippen molar-refractivity contribution in [2.24, 2.45) is 0 Å². The zero-order valence-corrected chi connectivity index (χ0v) is 12.7. The highest BCUT2D eigenvalue weighted by molar-refractivity contribution is 5.99. The van der Waals surface area contributed by atoms with E-state index in [2.05, 4.69) is 10.9 Å². The van der Waals surface area contributed by atoms with Gasteiger partial charge in [-0.05, 0) is 42.5 Å². The molecule has 0 spiro atoms. The maximum absolute atomic E-state index is 12.1. The average molecular weight is 328 g/mol. The summed E-state index contributed by atoms with van der Waals surface area (Å²) >= 11 is 0. The van der Waals surface area contributed by atoms with Crippen molar-refractivity contribution < 1.29 is 24.2 Å². The Morgan fingerprint density at radius 2 is 1.42 bits per heavy atom. The lowest BCUT2D eigenvalue weighted by Crippen LogP contribution is -2.41. The second-order valence-electron chi connectivity index (χ2n) is 5.17. The monoisotopic (exact) mass is 328 g/mol. The Balaban J connectivity index is 1.63. The smallest absolute Gasteiger partial charge is 0.269 e. The molecule has 0 radical (unpaired) electrons. The summed E-state index contributed by atoms with van der Waals surface area (Å²) in [6, 6.07) is 10.5. The highest BCUT2D eigenvalue weighted by Crippen LogP contribution is 2.30. The van der Waals surface area contributed by atoms with E-state index >= 15 is 0 Å². The number of hydrogen-bond donors (Lipinski definition) is 3. The van der Waals surface area contributed by atoms with E-state index in [0.717, 1.165) is 6.42 Å². The summed E-state index contributed by atoms with van der Waals surface area (Å²) in [7, 11) is 0. The first-order valence-electron chi connectivity index (χ1n) is 7.43. The number of carbonyl (C=O) groups is 2. The molecule has 0 unspecified atom stereocenters. The summed E-state index contributed by atoms with van der Waals surface area (Å²) in [5.74, 6) is 0.195. The molecule has 0 aromatic heterocycles. The summed E-state index contributed by atoms with van der Waals surface area (Å²) in [6.45, 7) is 1.09. The van der Waals surface area contributed by atoms with E-state index in [0.29, 0.717) is 35.8 Å². The number of hydrogen-bond acceptors (Lipinski definition) is 5. The minimum absolute atomic E-state index is 0.0581. The van der Waals surface area contributed by atoms with E-state index in [-0.39, 0.29) is 5.75 Å². The van der Waals surface area contributed by atoms with Crippen LogP contribution < -0.4 is 20.3 Å². The average Bonchev–Trinajstić information content (AvgIpc) is 2.84. The van der Waals surface area contributed by atoms with Gasteiger partial charge in [-0.3, -0.25) is 20.4 Å². The molecule has 1 aliphatic heterocycles. The van der Waals surface area contributed by atoms with Crippen LogP contribution >= 0.6 is 0 Å². The molecule has 124 valence electrons. The van der Waals surface area contributed by atoms with Gasteiger partial charge in [-0.25, -0.2) is 0 Å². The number of rotatable bonds is 2. The van der Waals surface area contributed by atoms with Gasteiger partial charge in [-0.2, -0.15) is 0 Å². The van der Waals surface area contributed by atoms with Crippen molar-refractivity contribution in [3.63, 3.8) is 0 Å². The Morgan fingerprint density at radius 3 is 2.12 bits per heavy atom. The molecular weight excluding hydrogens is 312 g/mol. The third kappa shape index (κ3) is 3.57. The Morgan fingerprint density at radius 1 is 0.833 bits per heavy atom. The van der Waals surface area contributed by atoms with E-state index < -0.39 is 11.8 Å². The Labute approximate surface area is 138 Å². The molecule has 1 aliphatic rings. The van der Waals surface area contributed by atoms with Crippen LogP contribution in [0.4, 0.5) is 0 Å². The first kappa shape index (κ1) is 15.7. The van der Waals surface area contributed by atoms with Crippen molar-refractivity contribution in [3.05, 3.63) is 53.6 Å². The summed E-state index contributed by atoms with van der Waals surface area (Å²) in [5, 5.41) is 9.20. The van der Waals surface area contributed by atoms with Crippen molar-refractivity contribution in [2.45, 2.75) is 6.42 Å². The number of ether oxygens (including phenoxy) is 2. The van der Waals surface area contributed by atoms with Gasteiger partial charge in [0, 0.05) is 17.5 Å². The molecule has 3 N–H and O–H groups in total. The van der Waals surface area contributed by atoms with Crippen molar-refractivity contribution in [1.29, 1.82) is 0 Å². The predicted molar refractivity (Wildman–Crippen MR) is 85.1 cm³/mol. The molecule has 0 atom stereocenters. The van der Waals surface area contributed by atoms with Gasteiger partial charge in [0.2, 0.25) is 0 Å². The molecule has 7 nitrogen and oxygen atoms in total. The minimum atomic E-state index is -0.488. The summed E-state index contributed by atoms with van der Waals surface area (Å²) < 4.78 is 11.0. The Kier molecular flexibility index (Phi) is 4.51. The van der Waals surface area contributed by atoms with Gasteiger partial charge < -0.3 is 14.6 Å². The van der Waals surface area contributed by atoms with Gasteiger partial charge in [0.25, 0.3) is 11.8 Å². The number of aromatic hydroxyl groups is 1. The molecule has 2 amide bonds. The molecule has 7 heteroatoms. The molecule has 3 rings (SSSR count). The molecule has 2 aromatic carbocycles. The topological polar surface area (TPSA) is 96.9 Å². The van der Waals surface area contributed by atoms with Crippen LogP contribution in [0.25, 0.3) is 0 Å². The first-order valence-corrected chi connectivity index (χ1v) is 7.43. The third-order valence-electron chi connectivity index (χ3n) is 3.43. The molecule has 1 heterocycles. The van der Waals surface area contributed by atoms with Crippen molar-refractivity contribution >= 4 is 11.8 Å². The predicted octanol–water partition coefficient (Wildman–Crippen LogP) is 1.63. The normalized spacial score (nSPS) is 12.8. The molecule has 24 heavy (non-hydrogen) atoms. The minimum Gasteiger partial charge on any atom is -0.508 e. The summed E-state index contributed by atoms with van der Waals surface area (Å²) in [4.78, 5) is 24.1. The van der Waals surface area contributed by atoms with Crippen LogP contribution in [-0.2, 0) is 0 Å². The molecule has 0 aliphatic carbocycles. The van der Waals surface area contributed by atoms with Crippen molar-refractivity contribution in [3.8, 4) is 17.2 Å². The fraction of sp³-hybridized carbons (Fsp3) is 0.176. The van der Waals surface area contributed by atoms with Gasteiger partial charge >= 0.3 is 0 Å². The maximum atomic E-state index is 12.1. The number of carbonyl (C=O) groups excluding carboxylic acids is 2. The fourth-order valence-corrected chi connectivity index (χ4v) is 2.18. The van der Waals surface area contributed by atoms with Crippen LogP contribution in [0.15, 0.2) is 42.5 Å². The van der Waals surface area contributed by atoms with Crippen LogP contribution in [0.1, 0.15) is 27.1 Å². The quantitative estimate of drug-likeness (QED) is 0.728. The van der Waals surface area contributed by atoms with Crippen LogP contribution in [0.2, 0.25) is 0 Å². The maximum Gasteiger partial charge on any atom is 0.269 e. The van der Waals surface area contributed by atoms with Crippen molar-refractivity contribution in [1.82, 2.24) is 10.9 Å². The molecular formula is C17H16N2O5. The molecule has 0 saturated carbocycles. The first-order chi connectivity index (χ1) is 11.6. The largest absolute Gasteiger partial charge is 0.508 e. The zero-order valence-electron chi connectivity index (χ0n) is 12.7. The molecule has 0 saturated heterocycles. The van der Waals surface area contributed by atoms with Gasteiger partial charge in [0.1, 0.15) is 5.75 Å². The lowest BCUT2D eigenvalue weighted by Gasteiger charge is -2.10. The van der Waals surface area contributed by atoms with E-state index in [1.165, 1.54) is 24.3 Å². The summed E-state index contributed by atoms with van der Waals surface area (Å²) in [6.07, 6.45) is 0.777. The zero-order chi connectivity index (χ0) is 16.9. The number of nitrogens with one attached hydrogen (secondary N) is 2. The number of phenols is 1. The summed E-state index contributed by atoms with van der Waals surface area (Å²) in [5.41, 5.74) is 5.30. The SMILES string of the molecule is O=C(NNC(=O)c1ccc2c(c1)OCCCO2)c1ccc(O)cc1. The van der Waals surface area contributed by atoms with E-state index in [4.69, 9.17) is 9.47 Å². The molecule has 2 aromatic rings. The fourth-order valence-electron chi connectivity index (χ4n) is 2.18. The van der Waals surface area contributed by atoms with Gasteiger partial charge in [-0.15, -0.1) is 0 Å². The number of benzene rings is 2.